The number of hydrogen-bond acceptors (Lipinski definition) is 5. The van der Waals surface area contributed by atoms with Crippen LogP contribution >= 0.6 is 36.6 Å². The molecule has 1 aromatic rings. The number of aromatic nitrogens is 1. The number of hydrogen-bond donors (Lipinski definition) is 3. The van der Waals surface area contributed by atoms with Gasteiger partial charge in [0.05, 0.1) is 0 Å². The molecule has 1 aromatic heterocycles. The molecule has 1 amide bonds. The molecule has 2 heterocycles. The Labute approximate surface area is 148 Å². The first-order valence-electron chi connectivity index (χ1n) is 7.07. The van der Waals surface area contributed by atoms with Gasteiger partial charge in [0.15, 0.2) is 0 Å². The lowest BCUT2D eigenvalue weighted by Gasteiger charge is -2.22. The fraction of sp³-hybridized carbons (Fsp3) is 0.571. The van der Waals surface area contributed by atoms with Crippen LogP contribution in [-0.2, 0) is 4.79 Å². The Morgan fingerprint density at radius 3 is 2.91 bits per heavy atom. The minimum absolute atomic E-state index is 0. The van der Waals surface area contributed by atoms with Crippen LogP contribution in [0.3, 0.4) is 0 Å². The van der Waals surface area contributed by atoms with Crippen molar-refractivity contribution in [2.24, 2.45) is 0 Å². The van der Waals surface area contributed by atoms with Gasteiger partial charge in [-0.25, -0.2) is 4.98 Å². The number of halogens is 2. The maximum atomic E-state index is 11.8. The Balaban J connectivity index is 0.00000220. The summed E-state index contributed by atoms with van der Waals surface area (Å²) in [6.07, 6.45) is 3.25. The smallest absolute Gasteiger partial charge is 0.221 e. The second-order valence-electron chi connectivity index (χ2n) is 4.78. The van der Waals surface area contributed by atoms with Crippen molar-refractivity contribution in [1.29, 1.82) is 0 Å². The molecule has 5 nitrogen and oxygen atoms in total. The predicted molar refractivity (Wildman–Crippen MR) is 98.6 cm³/mol. The molecular weight excluding hydrogens is 343 g/mol. The van der Waals surface area contributed by atoms with E-state index in [-0.39, 0.29) is 30.7 Å². The zero-order valence-electron chi connectivity index (χ0n) is 12.4. The molecule has 0 radical (unpaired) electrons. The standard InChI is InChI=1S/C14H22N4OS.2ClH/c19-14(10-12-11-20-9-8-15-12)18-7-3-6-17-13-4-1-2-5-16-13;;/h1-2,4-5,12,15H,3,6-11H2,(H,16,17)(H,18,19);2*1H. The Morgan fingerprint density at radius 1 is 1.36 bits per heavy atom. The molecule has 0 aromatic carbocycles. The van der Waals surface area contributed by atoms with E-state index in [0.29, 0.717) is 19.0 Å². The average molecular weight is 367 g/mol. The number of carbonyl (C=O) groups is 1. The molecule has 2 rings (SSSR count). The van der Waals surface area contributed by atoms with Gasteiger partial charge in [-0.05, 0) is 18.6 Å². The lowest BCUT2D eigenvalue weighted by atomic mass is 10.2. The third-order valence-electron chi connectivity index (χ3n) is 3.08. The van der Waals surface area contributed by atoms with E-state index >= 15 is 0 Å². The molecule has 1 unspecified atom stereocenters. The van der Waals surface area contributed by atoms with Crippen molar-refractivity contribution in [2.75, 3.05) is 36.5 Å². The second kappa shape index (κ2) is 12.8. The fourth-order valence-corrected chi connectivity index (χ4v) is 3.00. The number of anilines is 1. The molecule has 0 aliphatic carbocycles. The molecule has 3 N–H and O–H groups in total. The van der Waals surface area contributed by atoms with Crippen molar-refractivity contribution < 1.29 is 4.79 Å². The molecule has 126 valence electrons. The van der Waals surface area contributed by atoms with Gasteiger partial charge in [-0.2, -0.15) is 11.8 Å². The lowest BCUT2D eigenvalue weighted by molar-refractivity contribution is -0.121. The Bertz CT molecular complexity index is 405. The number of rotatable bonds is 7. The summed E-state index contributed by atoms with van der Waals surface area (Å²) in [7, 11) is 0. The van der Waals surface area contributed by atoms with Crippen LogP contribution in [-0.4, -0.2) is 48.1 Å². The largest absolute Gasteiger partial charge is 0.370 e. The normalized spacial score (nSPS) is 16.8. The van der Waals surface area contributed by atoms with E-state index in [0.717, 1.165) is 36.8 Å². The molecule has 0 spiro atoms. The zero-order chi connectivity index (χ0) is 14.0. The fourth-order valence-electron chi connectivity index (χ4n) is 2.05. The summed E-state index contributed by atoms with van der Waals surface area (Å²) in [6.45, 7) is 2.53. The highest BCUT2D eigenvalue weighted by Gasteiger charge is 2.15. The quantitative estimate of drug-likeness (QED) is 0.643. The average Bonchev–Trinajstić information content (AvgIpc) is 2.49. The van der Waals surface area contributed by atoms with Crippen molar-refractivity contribution in [3.63, 3.8) is 0 Å². The molecule has 1 atom stereocenters. The van der Waals surface area contributed by atoms with E-state index in [4.69, 9.17) is 0 Å². The van der Waals surface area contributed by atoms with Gasteiger partial charge in [0, 0.05) is 49.8 Å². The van der Waals surface area contributed by atoms with Crippen molar-refractivity contribution in [3.8, 4) is 0 Å². The van der Waals surface area contributed by atoms with E-state index in [1.54, 1.807) is 6.20 Å². The van der Waals surface area contributed by atoms with Crippen LogP contribution in [0.15, 0.2) is 24.4 Å². The van der Waals surface area contributed by atoms with Gasteiger partial charge in [0.1, 0.15) is 5.82 Å². The molecule has 1 saturated heterocycles. The molecule has 1 aliphatic rings. The highest BCUT2D eigenvalue weighted by atomic mass is 35.5. The van der Waals surface area contributed by atoms with E-state index in [1.165, 1.54) is 0 Å². The maximum absolute atomic E-state index is 11.8. The molecule has 1 fully saturated rings. The van der Waals surface area contributed by atoms with Crippen molar-refractivity contribution in [1.82, 2.24) is 15.6 Å². The summed E-state index contributed by atoms with van der Waals surface area (Å²) < 4.78 is 0. The number of amides is 1. The van der Waals surface area contributed by atoms with Crippen LogP contribution in [0.1, 0.15) is 12.8 Å². The highest BCUT2D eigenvalue weighted by Crippen LogP contribution is 2.09. The summed E-state index contributed by atoms with van der Waals surface area (Å²) >= 11 is 1.92. The first-order chi connectivity index (χ1) is 9.84. The number of thioether (sulfide) groups is 1. The maximum Gasteiger partial charge on any atom is 0.221 e. The monoisotopic (exact) mass is 366 g/mol. The van der Waals surface area contributed by atoms with E-state index < -0.39 is 0 Å². The van der Waals surface area contributed by atoms with Crippen LogP contribution in [0.25, 0.3) is 0 Å². The van der Waals surface area contributed by atoms with Crippen molar-refractivity contribution in [2.45, 2.75) is 18.9 Å². The van der Waals surface area contributed by atoms with Crippen LogP contribution in [0, 0.1) is 0 Å². The minimum Gasteiger partial charge on any atom is -0.370 e. The second-order valence-corrected chi connectivity index (χ2v) is 5.93. The van der Waals surface area contributed by atoms with E-state index in [1.807, 2.05) is 30.0 Å². The van der Waals surface area contributed by atoms with Crippen molar-refractivity contribution >= 4 is 48.3 Å². The van der Waals surface area contributed by atoms with Crippen LogP contribution in [0.4, 0.5) is 5.82 Å². The van der Waals surface area contributed by atoms with Gasteiger partial charge < -0.3 is 16.0 Å². The Hall–Kier alpha value is -0.690. The lowest BCUT2D eigenvalue weighted by Crippen LogP contribution is -2.41. The zero-order valence-corrected chi connectivity index (χ0v) is 14.9. The van der Waals surface area contributed by atoms with Crippen LogP contribution < -0.4 is 16.0 Å². The van der Waals surface area contributed by atoms with Crippen molar-refractivity contribution in [3.05, 3.63) is 24.4 Å². The number of pyridine rings is 1. The molecular formula is C14H24Cl2N4OS. The van der Waals surface area contributed by atoms with E-state index in [2.05, 4.69) is 20.9 Å². The topological polar surface area (TPSA) is 66.1 Å². The van der Waals surface area contributed by atoms with Gasteiger partial charge in [-0.15, -0.1) is 24.8 Å². The number of carbonyl (C=O) groups excluding carboxylic acids is 1. The third kappa shape index (κ3) is 8.68. The van der Waals surface area contributed by atoms with Gasteiger partial charge in [-0.1, -0.05) is 6.07 Å². The SMILES string of the molecule is Cl.Cl.O=C(CC1CSCCN1)NCCCNc1ccccn1. The Morgan fingerprint density at radius 2 is 2.23 bits per heavy atom. The molecule has 0 bridgehead atoms. The summed E-state index contributed by atoms with van der Waals surface area (Å²) in [5, 5.41) is 9.56. The van der Waals surface area contributed by atoms with Gasteiger partial charge in [-0.3, -0.25) is 4.79 Å². The molecule has 0 saturated carbocycles. The molecule has 8 heteroatoms. The predicted octanol–water partition coefficient (Wildman–Crippen LogP) is 1.94. The molecule has 22 heavy (non-hydrogen) atoms. The van der Waals surface area contributed by atoms with Gasteiger partial charge in [0.2, 0.25) is 5.91 Å². The summed E-state index contributed by atoms with van der Waals surface area (Å²) in [4.78, 5) is 15.9. The minimum atomic E-state index is 0. The van der Waals surface area contributed by atoms with Gasteiger partial charge in [0.25, 0.3) is 0 Å². The van der Waals surface area contributed by atoms with Crippen LogP contribution in [0.2, 0.25) is 0 Å². The Kier molecular flexibility index (Phi) is 12.4. The first kappa shape index (κ1) is 21.3. The number of nitrogens with zero attached hydrogens (tertiary/aromatic N) is 1. The van der Waals surface area contributed by atoms with Gasteiger partial charge >= 0.3 is 0 Å². The number of nitrogens with one attached hydrogen (secondary N) is 3. The highest BCUT2D eigenvalue weighted by molar-refractivity contribution is 7.99. The summed E-state index contributed by atoms with van der Waals surface area (Å²) in [5.41, 5.74) is 0. The third-order valence-corrected chi connectivity index (χ3v) is 4.21. The van der Waals surface area contributed by atoms with E-state index in [9.17, 15) is 4.79 Å². The molecule has 1 aliphatic heterocycles. The summed E-state index contributed by atoms with van der Waals surface area (Å²) in [5.74, 6) is 3.21. The first-order valence-corrected chi connectivity index (χ1v) is 8.23. The van der Waals surface area contributed by atoms with Crippen LogP contribution in [0.5, 0.6) is 0 Å². The summed E-state index contributed by atoms with van der Waals surface area (Å²) in [6, 6.07) is 6.11.